The molecular formula is C12H12F2N4O. The van der Waals surface area contributed by atoms with Gasteiger partial charge in [-0.3, -0.25) is 0 Å². The van der Waals surface area contributed by atoms with Gasteiger partial charge in [0.2, 0.25) is 0 Å². The zero-order chi connectivity index (χ0) is 13.8. The first-order valence-corrected chi connectivity index (χ1v) is 5.43. The van der Waals surface area contributed by atoms with Gasteiger partial charge < -0.3 is 15.8 Å². The zero-order valence-electron chi connectivity index (χ0n) is 10.2. The molecule has 2 rings (SSSR count). The van der Waals surface area contributed by atoms with Crippen LogP contribution in [0.4, 0.5) is 26.1 Å². The van der Waals surface area contributed by atoms with Gasteiger partial charge in [0.15, 0.2) is 17.5 Å². The Bertz CT molecular complexity index is 592. The summed E-state index contributed by atoms with van der Waals surface area (Å²) >= 11 is 0. The van der Waals surface area contributed by atoms with Gasteiger partial charge in [-0.1, -0.05) is 6.07 Å². The molecule has 19 heavy (non-hydrogen) atoms. The van der Waals surface area contributed by atoms with Crippen LogP contribution in [0.15, 0.2) is 24.3 Å². The summed E-state index contributed by atoms with van der Waals surface area (Å²) in [6, 6.07) is 5.24. The molecule has 0 amide bonds. The van der Waals surface area contributed by atoms with Crippen LogP contribution >= 0.6 is 0 Å². The number of methoxy groups -OCH3 is 1. The topological polar surface area (TPSA) is 73.1 Å². The smallest absolute Gasteiger partial charge is 0.182 e. The second-order valence-corrected chi connectivity index (χ2v) is 3.75. The highest BCUT2D eigenvalue weighted by atomic mass is 19.2. The van der Waals surface area contributed by atoms with Gasteiger partial charge in [0.1, 0.15) is 18.2 Å². The van der Waals surface area contributed by atoms with E-state index >= 15 is 0 Å². The molecule has 0 aliphatic rings. The van der Waals surface area contributed by atoms with Crippen molar-refractivity contribution in [2.24, 2.45) is 0 Å². The summed E-state index contributed by atoms with van der Waals surface area (Å²) in [4.78, 5) is 8.01. The number of ether oxygens (including phenoxy) is 1. The van der Waals surface area contributed by atoms with Gasteiger partial charge in [-0.05, 0) is 12.1 Å². The molecular weight excluding hydrogens is 254 g/mol. The average Bonchev–Trinajstić information content (AvgIpc) is 2.35. The van der Waals surface area contributed by atoms with Crippen molar-refractivity contribution in [3.05, 3.63) is 41.7 Å². The first kappa shape index (κ1) is 13.2. The first-order chi connectivity index (χ1) is 9.10. The molecule has 0 fully saturated rings. The minimum absolute atomic E-state index is 0.0264. The molecule has 100 valence electrons. The van der Waals surface area contributed by atoms with Gasteiger partial charge in [-0.2, -0.15) is 0 Å². The van der Waals surface area contributed by atoms with E-state index in [2.05, 4.69) is 15.3 Å². The summed E-state index contributed by atoms with van der Waals surface area (Å²) in [5.41, 5.74) is 5.57. The third kappa shape index (κ3) is 3.14. The SMILES string of the molecule is COCc1nc(N)cc(Nc2cccc(F)c2F)n1. The van der Waals surface area contributed by atoms with Crippen LogP contribution in [0.3, 0.4) is 0 Å². The lowest BCUT2D eigenvalue weighted by Crippen LogP contribution is -2.05. The van der Waals surface area contributed by atoms with Crippen LogP contribution in [0.1, 0.15) is 5.82 Å². The van der Waals surface area contributed by atoms with E-state index in [9.17, 15) is 8.78 Å². The quantitative estimate of drug-likeness (QED) is 0.887. The summed E-state index contributed by atoms with van der Waals surface area (Å²) in [7, 11) is 1.49. The molecule has 0 radical (unpaired) electrons. The number of benzene rings is 1. The van der Waals surface area contributed by atoms with E-state index in [1.807, 2.05) is 0 Å². The van der Waals surface area contributed by atoms with Crippen LogP contribution in [-0.4, -0.2) is 17.1 Å². The average molecular weight is 266 g/mol. The maximum atomic E-state index is 13.5. The van der Waals surface area contributed by atoms with Gasteiger partial charge >= 0.3 is 0 Å². The molecule has 0 atom stereocenters. The molecule has 0 bridgehead atoms. The maximum Gasteiger partial charge on any atom is 0.182 e. The molecule has 1 heterocycles. The Morgan fingerprint density at radius 3 is 2.84 bits per heavy atom. The van der Waals surface area contributed by atoms with Crippen molar-refractivity contribution in [3.8, 4) is 0 Å². The number of anilines is 3. The van der Waals surface area contributed by atoms with Crippen LogP contribution in [0, 0.1) is 11.6 Å². The van der Waals surface area contributed by atoms with E-state index in [0.717, 1.165) is 6.07 Å². The van der Waals surface area contributed by atoms with Gasteiger partial charge in [0, 0.05) is 13.2 Å². The molecule has 0 aliphatic heterocycles. The standard InChI is InChI=1S/C12H12F2N4O/c1-19-6-11-17-9(15)5-10(18-11)16-8-4-2-3-7(13)12(8)14/h2-5H,6H2,1H3,(H3,15,16,17,18). The normalized spacial score (nSPS) is 10.5. The minimum atomic E-state index is -0.979. The van der Waals surface area contributed by atoms with Crippen molar-refractivity contribution in [2.45, 2.75) is 6.61 Å². The lowest BCUT2D eigenvalue weighted by atomic mass is 10.3. The Hall–Kier alpha value is -2.28. The van der Waals surface area contributed by atoms with Gasteiger partial charge in [0.05, 0.1) is 5.69 Å². The van der Waals surface area contributed by atoms with Crippen molar-refractivity contribution in [3.63, 3.8) is 0 Å². The minimum Gasteiger partial charge on any atom is -0.384 e. The lowest BCUT2D eigenvalue weighted by molar-refractivity contribution is 0.178. The molecule has 1 aromatic carbocycles. The highest BCUT2D eigenvalue weighted by Gasteiger charge is 2.09. The third-order valence-electron chi connectivity index (χ3n) is 2.28. The van der Waals surface area contributed by atoms with Crippen LogP contribution < -0.4 is 11.1 Å². The zero-order valence-corrected chi connectivity index (χ0v) is 10.2. The Kier molecular flexibility index (Phi) is 3.86. The monoisotopic (exact) mass is 266 g/mol. The number of nitrogens with zero attached hydrogens (tertiary/aromatic N) is 2. The highest BCUT2D eigenvalue weighted by molar-refractivity contribution is 5.59. The number of aromatic nitrogens is 2. The number of halogens is 2. The largest absolute Gasteiger partial charge is 0.384 e. The van der Waals surface area contributed by atoms with Crippen LogP contribution in [0.2, 0.25) is 0 Å². The molecule has 0 saturated carbocycles. The summed E-state index contributed by atoms with van der Waals surface area (Å²) in [6.45, 7) is 0.172. The molecule has 5 nitrogen and oxygen atoms in total. The predicted octanol–water partition coefficient (Wildman–Crippen LogP) is 2.23. The van der Waals surface area contributed by atoms with Crippen molar-refractivity contribution >= 4 is 17.3 Å². The number of nitrogen functional groups attached to an aromatic ring is 1. The molecule has 0 aliphatic carbocycles. The highest BCUT2D eigenvalue weighted by Crippen LogP contribution is 2.21. The molecule has 3 N–H and O–H groups in total. The first-order valence-electron chi connectivity index (χ1n) is 5.43. The predicted molar refractivity (Wildman–Crippen MR) is 66.8 cm³/mol. The van der Waals surface area contributed by atoms with E-state index in [-0.39, 0.29) is 23.9 Å². The Morgan fingerprint density at radius 2 is 2.11 bits per heavy atom. The molecule has 2 aromatic rings. The van der Waals surface area contributed by atoms with E-state index in [4.69, 9.17) is 10.5 Å². The van der Waals surface area contributed by atoms with E-state index < -0.39 is 11.6 Å². The molecule has 0 spiro atoms. The lowest BCUT2D eigenvalue weighted by Gasteiger charge is -2.09. The molecule has 1 aromatic heterocycles. The van der Waals surface area contributed by atoms with Crippen molar-refractivity contribution in [1.29, 1.82) is 0 Å². The van der Waals surface area contributed by atoms with Crippen LogP contribution in [0.25, 0.3) is 0 Å². The second kappa shape index (κ2) is 5.57. The van der Waals surface area contributed by atoms with Gasteiger partial charge in [-0.25, -0.2) is 18.7 Å². The van der Waals surface area contributed by atoms with E-state index in [0.29, 0.717) is 5.82 Å². The fraction of sp³-hybridized carbons (Fsp3) is 0.167. The van der Waals surface area contributed by atoms with Crippen molar-refractivity contribution in [2.75, 3.05) is 18.2 Å². The molecule has 7 heteroatoms. The maximum absolute atomic E-state index is 13.5. The second-order valence-electron chi connectivity index (χ2n) is 3.75. The Balaban J connectivity index is 2.30. The fourth-order valence-corrected chi connectivity index (χ4v) is 1.51. The third-order valence-corrected chi connectivity index (χ3v) is 2.28. The fourth-order valence-electron chi connectivity index (χ4n) is 1.51. The van der Waals surface area contributed by atoms with Gasteiger partial charge in [0.25, 0.3) is 0 Å². The van der Waals surface area contributed by atoms with Crippen LogP contribution in [-0.2, 0) is 11.3 Å². The summed E-state index contributed by atoms with van der Waals surface area (Å²) in [5, 5.41) is 2.65. The van der Waals surface area contributed by atoms with E-state index in [1.54, 1.807) is 0 Å². The van der Waals surface area contributed by atoms with Gasteiger partial charge in [-0.15, -0.1) is 0 Å². The summed E-state index contributed by atoms with van der Waals surface area (Å²) < 4.78 is 31.5. The summed E-state index contributed by atoms with van der Waals surface area (Å²) in [6.07, 6.45) is 0. The van der Waals surface area contributed by atoms with E-state index in [1.165, 1.54) is 25.3 Å². The number of nitrogens with one attached hydrogen (secondary N) is 1. The number of hydrogen-bond donors (Lipinski definition) is 2. The number of rotatable bonds is 4. The Morgan fingerprint density at radius 1 is 1.32 bits per heavy atom. The Labute approximate surface area is 108 Å². The number of nitrogens with two attached hydrogens (primary N) is 1. The molecule has 0 saturated heterocycles. The van der Waals surface area contributed by atoms with Crippen molar-refractivity contribution in [1.82, 2.24) is 9.97 Å². The van der Waals surface area contributed by atoms with Crippen molar-refractivity contribution < 1.29 is 13.5 Å². The van der Waals surface area contributed by atoms with Crippen LogP contribution in [0.5, 0.6) is 0 Å². The number of hydrogen-bond acceptors (Lipinski definition) is 5. The summed E-state index contributed by atoms with van der Waals surface area (Å²) in [5.74, 6) is -1.09. The molecule has 0 unspecified atom stereocenters.